The van der Waals surface area contributed by atoms with Gasteiger partial charge in [-0.3, -0.25) is 0 Å². The van der Waals surface area contributed by atoms with Crippen LogP contribution in [0.15, 0.2) is 0 Å². The molecule has 0 aliphatic heterocycles. The Labute approximate surface area is 59.8 Å². The van der Waals surface area contributed by atoms with Gasteiger partial charge in [-0.25, -0.2) is 9.90 Å². The maximum absolute atomic E-state index is 9.82. The molecule has 0 fully saturated rings. The summed E-state index contributed by atoms with van der Waals surface area (Å²) in [6, 6.07) is 0. The molecule has 0 aromatic rings. The fourth-order valence-corrected chi connectivity index (χ4v) is 0.730. The van der Waals surface area contributed by atoms with Gasteiger partial charge in [0.25, 0.3) is 0 Å². The molecule has 9 heavy (non-hydrogen) atoms. The maximum atomic E-state index is 9.82. The van der Waals surface area contributed by atoms with Crippen molar-refractivity contribution in [3.05, 3.63) is 0 Å². The molecule has 0 atom stereocenters. The Morgan fingerprint density at radius 1 is 1.22 bits per heavy atom. The monoisotopic (exact) mass is 149 g/mol. The summed E-state index contributed by atoms with van der Waals surface area (Å²) in [5.74, 6) is -0.350. The van der Waals surface area contributed by atoms with Crippen LogP contribution in [0.25, 0.3) is 0 Å². The summed E-state index contributed by atoms with van der Waals surface area (Å²) in [4.78, 5) is 9.82. The predicted molar refractivity (Wildman–Crippen MR) is 34.9 cm³/mol. The highest BCUT2D eigenvalue weighted by molar-refractivity contribution is 6.17. The van der Waals surface area contributed by atoms with Crippen molar-refractivity contribution in [3.8, 4) is 0 Å². The molecule has 0 aromatic carbocycles. The van der Waals surface area contributed by atoms with E-state index < -0.39 is 5.97 Å². The Morgan fingerprint density at radius 2 is 1.89 bits per heavy atom. The molecule has 0 saturated heterocycles. The first-order valence-corrected chi connectivity index (χ1v) is 3.56. The number of halogens is 1. The summed E-state index contributed by atoms with van der Waals surface area (Å²) in [5.41, 5.74) is 0. The fourth-order valence-electron chi connectivity index (χ4n) is 0.541. The highest BCUT2D eigenvalue weighted by Gasteiger charge is 1.96. The first kappa shape index (κ1) is 8.76. The third-order valence-electron chi connectivity index (χ3n) is 1.01. The van der Waals surface area contributed by atoms with Gasteiger partial charge in [-0.2, -0.15) is 0 Å². The quantitative estimate of drug-likeness (QED) is 0.433. The summed E-state index contributed by atoms with van der Waals surface area (Å²) in [6.45, 7) is 0. The summed E-state index contributed by atoms with van der Waals surface area (Å²) in [6.07, 6.45) is 2.64. The summed E-state index contributed by atoms with van der Waals surface area (Å²) in [5, 5.41) is 9.82. The van der Waals surface area contributed by atoms with Crippen LogP contribution in [0.2, 0.25) is 0 Å². The summed E-state index contributed by atoms with van der Waals surface area (Å²) >= 11 is 5.35. The van der Waals surface area contributed by atoms with E-state index in [0.29, 0.717) is 12.3 Å². The summed E-state index contributed by atoms with van der Waals surface area (Å²) < 4.78 is 0. The lowest BCUT2D eigenvalue weighted by Crippen LogP contribution is -1.91. The molecule has 0 bridgehead atoms. The molecule has 0 aromatic heterocycles. The number of rotatable bonds is 5. The van der Waals surface area contributed by atoms with Crippen LogP contribution in [-0.4, -0.2) is 11.8 Å². The van der Waals surface area contributed by atoms with Gasteiger partial charge in [-0.05, 0) is 12.8 Å². The van der Waals surface area contributed by atoms with Crippen LogP contribution in [0.4, 0.5) is 0 Å². The molecule has 1 radical (unpaired) electrons. The number of hydrogen-bond acceptors (Lipinski definition) is 1. The number of carbonyl (C=O) groups excluding carboxylic acids is 1. The Bertz CT molecular complexity index is 83.1. The van der Waals surface area contributed by atoms with E-state index >= 15 is 0 Å². The van der Waals surface area contributed by atoms with E-state index in [2.05, 4.69) is 0 Å². The molecular weight excluding hydrogens is 140 g/mol. The molecular formula is C6H10ClO2. The number of alkyl halides is 1. The van der Waals surface area contributed by atoms with Gasteiger partial charge in [0.05, 0.1) is 6.42 Å². The van der Waals surface area contributed by atoms with E-state index in [1.54, 1.807) is 0 Å². The Hall–Kier alpha value is -0.240. The predicted octanol–water partition coefficient (Wildman–Crippen LogP) is 1.74. The smallest absolute Gasteiger partial charge is 0.247 e. The molecule has 0 aliphatic rings. The van der Waals surface area contributed by atoms with Gasteiger partial charge >= 0.3 is 5.97 Å². The summed E-state index contributed by atoms with van der Waals surface area (Å²) in [7, 11) is 0. The van der Waals surface area contributed by atoms with Crippen LogP contribution in [0, 0.1) is 0 Å². The van der Waals surface area contributed by atoms with Crippen molar-refractivity contribution in [3.63, 3.8) is 0 Å². The van der Waals surface area contributed by atoms with E-state index in [-0.39, 0.29) is 6.42 Å². The third-order valence-corrected chi connectivity index (χ3v) is 1.28. The van der Waals surface area contributed by atoms with E-state index in [0.717, 1.165) is 12.8 Å². The third kappa shape index (κ3) is 7.76. The zero-order valence-corrected chi connectivity index (χ0v) is 5.99. The molecule has 0 saturated carbocycles. The first-order chi connectivity index (χ1) is 4.27. The molecule has 2 nitrogen and oxygen atoms in total. The van der Waals surface area contributed by atoms with Crippen molar-refractivity contribution in [2.45, 2.75) is 25.7 Å². The minimum atomic E-state index is -0.968. The average Bonchev–Trinajstić information content (AvgIpc) is 1.80. The van der Waals surface area contributed by atoms with Crippen molar-refractivity contribution >= 4 is 17.6 Å². The highest BCUT2D eigenvalue weighted by atomic mass is 35.5. The topological polar surface area (TPSA) is 37.0 Å². The molecule has 0 amide bonds. The maximum Gasteiger partial charge on any atom is 0.355 e. The van der Waals surface area contributed by atoms with Gasteiger partial charge < -0.3 is 0 Å². The Kier molecular flexibility index (Phi) is 5.73. The molecule has 53 valence electrons. The van der Waals surface area contributed by atoms with Crippen molar-refractivity contribution in [2.24, 2.45) is 0 Å². The number of carbonyl (C=O) groups is 1. The molecule has 0 unspecified atom stereocenters. The van der Waals surface area contributed by atoms with Crippen molar-refractivity contribution in [1.29, 1.82) is 0 Å². The van der Waals surface area contributed by atoms with Crippen LogP contribution >= 0.6 is 11.6 Å². The van der Waals surface area contributed by atoms with Gasteiger partial charge in [0.1, 0.15) is 0 Å². The highest BCUT2D eigenvalue weighted by Crippen LogP contribution is 2.00. The Morgan fingerprint density at radius 3 is 2.33 bits per heavy atom. The van der Waals surface area contributed by atoms with Gasteiger partial charge in [-0.1, -0.05) is 6.42 Å². The Balaban J connectivity index is 2.83. The number of hydrogen-bond donors (Lipinski definition) is 0. The molecule has 3 heteroatoms. The molecule has 0 rings (SSSR count). The van der Waals surface area contributed by atoms with Crippen LogP contribution in [0.1, 0.15) is 25.7 Å². The normalized spacial score (nSPS) is 9.44. The number of unbranched alkanes of at least 4 members (excludes halogenated alkanes) is 2. The largest absolute Gasteiger partial charge is 0.355 e. The van der Waals surface area contributed by atoms with Crippen LogP contribution in [0.5, 0.6) is 0 Å². The lowest BCUT2D eigenvalue weighted by Gasteiger charge is -1.90. The lowest BCUT2D eigenvalue weighted by atomic mass is 10.2. The van der Waals surface area contributed by atoms with Gasteiger partial charge in [0.2, 0.25) is 0 Å². The van der Waals surface area contributed by atoms with Crippen molar-refractivity contribution in [1.82, 2.24) is 0 Å². The average molecular weight is 150 g/mol. The van der Waals surface area contributed by atoms with Gasteiger partial charge in [0.15, 0.2) is 0 Å². The molecule has 0 N–H and O–H groups in total. The van der Waals surface area contributed by atoms with Crippen LogP contribution < -0.4 is 0 Å². The van der Waals surface area contributed by atoms with Crippen molar-refractivity contribution < 1.29 is 9.90 Å². The molecule has 0 aliphatic carbocycles. The zero-order chi connectivity index (χ0) is 7.11. The fraction of sp³-hybridized carbons (Fsp3) is 0.833. The second kappa shape index (κ2) is 5.89. The SMILES string of the molecule is [O]C(=O)CCCCCCl. The van der Waals surface area contributed by atoms with E-state index in [1.165, 1.54) is 0 Å². The minimum Gasteiger partial charge on any atom is -0.247 e. The van der Waals surface area contributed by atoms with E-state index in [9.17, 15) is 9.90 Å². The first-order valence-electron chi connectivity index (χ1n) is 3.03. The van der Waals surface area contributed by atoms with E-state index in [4.69, 9.17) is 11.6 Å². The van der Waals surface area contributed by atoms with Gasteiger partial charge in [0, 0.05) is 5.88 Å². The second-order valence-electron chi connectivity index (χ2n) is 1.87. The second-order valence-corrected chi connectivity index (χ2v) is 2.25. The zero-order valence-electron chi connectivity index (χ0n) is 5.23. The molecule has 0 spiro atoms. The molecule has 0 heterocycles. The van der Waals surface area contributed by atoms with Crippen LogP contribution in [0.3, 0.4) is 0 Å². The minimum absolute atomic E-state index is 0.164. The van der Waals surface area contributed by atoms with Crippen molar-refractivity contribution in [2.75, 3.05) is 5.88 Å². The lowest BCUT2D eigenvalue weighted by molar-refractivity contribution is -0.143. The van der Waals surface area contributed by atoms with Crippen LogP contribution in [-0.2, 0) is 9.90 Å². The van der Waals surface area contributed by atoms with Gasteiger partial charge in [-0.15, -0.1) is 11.6 Å². The van der Waals surface area contributed by atoms with E-state index in [1.807, 2.05) is 0 Å². The standard InChI is InChI=1S/C6H10ClO2/c7-5-3-1-2-4-6(8)9/h1-5H2.